The Balaban J connectivity index is 1.89. The van der Waals surface area contributed by atoms with Crippen LogP contribution < -0.4 is 5.32 Å². The minimum atomic E-state index is -1.06. The highest BCUT2D eigenvalue weighted by molar-refractivity contribution is 6.30. The summed E-state index contributed by atoms with van der Waals surface area (Å²) in [4.78, 5) is 8.61. The number of nitrogens with one attached hydrogen (secondary N) is 1. The summed E-state index contributed by atoms with van der Waals surface area (Å²) in [5, 5.41) is 15.6. The van der Waals surface area contributed by atoms with Crippen LogP contribution in [0, 0.1) is 6.92 Å². The van der Waals surface area contributed by atoms with Gasteiger partial charge < -0.3 is 10.4 Å². The quantitative estimate of drug-likeness (QED) is 0.762. The molecule has 23 heavy (non-hydrogen) atoms. The van der Waals surface area contributed by atoms with Crippen LogP contribution in [0.25, 0.3) is 10.9 Å². The SMILES string of the molecule is Cc1cccc2ncnc(NCC(C)(O)c3cccc(Cl)c3)c12. The Morgan fingerprint density at radius 3 is 2.74 bits per heavy atom. The normalized spacial score (nSPS) is 13.7. The number of aromatic nitrogens is 2. The molecule has 3 rings (SSSR count). The summed E-state index contributed by atoms with van der Waals surface area (Å²) in [6.45, 7) is 4.08. The predicted octanol–water partition coefficient (Wildman–Crippen LogP) is 3.91. The van der Waals surface area contributed by atoms with Crippen LogP contribution in [0.4, 0.5) is 5.82 Å². The van der Waals surface area contributed by atoms with E-state index in [0.29, 0.717) is 11.6 Å². The Labute approximate surface area is 140 Å². The second-order valence-corrected chi connectivity index (χ2v) is 6.27. The molecule has 0 aliphatic carbocycles. The lowest BCUT2D eigenvalue weighted by Gasteiger charge is -2.25. The number of hydrogen-bond donors (Lipinski definition) is 2. The van der Waals surface area contributed by atoms with Crippen molar-refractivity contribution in [3.8, 4) is 0 Å². The molecule has 1 unspecified atom stereocenters. The van der Waals surface area contributed by atoms with E-state index in [4.69, 9.17) is 11.6 Å². The van der Waals surface area contributed by atoms with Crippen molar-refractivity contribution in [2.75, 3.05) is 11.9 Å². The first-order chi connectivity index (χ1) is 11.0. The van der Waals surface area contributed by atoms with Crippen molar-refractivity contribution in [1.29, 1.82) is 0 Å². The largest absolute Gasteiger partial charge is 0.384 e. The van der Waals surface area contributed by atoms with E-state index < -0.39 is 5.60 Å². The molecule has 0 saturated heterocycles. The van der Waals surface area contributed by atoms with Gasteiger partial charge in [0.15, 0.2) is 0 Å². The molecule has 2 aromatic carbocycles. The third-order valence-electron chi connectivity index (χ3n) is 3.92. The maximum atomic E-state index is 10.7. The Kier molecular flexibility index (Phi) is 4.20. The van der Waals surface area contributed by atoms with Crippen molar-refractivity contribution in [3.63, 3.8) is 0 Å². The third-order valence-corrected chi connectivity index (χ3v) is 4.15. The second kappa shape index (κ2) is 6.14. The van der Waals surface area contributed by atoms with Gasteiger partial charge in [-0.1, -0.05) is 35.9 Å². The molecule has 2 N–H and O–H groups in total. The highest BCUT2D eigenvalue weighted by atomic mass is 35.5. The van der Waals surface area contributed by atoms with Crippen molar-refractivity contribution in [1.82, 2.24) is 9.97 Å². The van der Waals surface area contributed by atoms with Gasteiger partial charge in [-0.3, -0.25) is 0 Å². The molecule has 0 fully saturated rings. The first-order valence-corrected chi connectivity index (χ1v) is 7.78. The predicted molar refractivity (Wildman–Crippen MR) is 93.8 cm³/mol. The summed E-state index contributed by atoms with van der Waals surface area (Å²) in [5.41, 5.74) is 1.66. The number of halogens is 1. The second-order valence-electron chi connectivity index (χ2n) is 5.83. The number of aliphatic hydroxyl groups is 1. The summed E-state index contributed by atoms with van der Waals surface area (Å²) < 4.78 is 0. The number of aryl methyl sites for hydroxylation is 1. The Bertz CT molecular complexity index is 843. The van der Waals surface area contributed by atoms with Crippen LogP contribution in [0.5, 0.6) is 0 Å². The van der Waals surface area contributed by atoms with E-state index in [9.17, 15) is 5.11 Å². The van der Waals surface area contributed by atoms with E-state index in [1.54, 1.807) is 19.1 Å². The molecule has 4 nitrogen and oxygen atoms in total. The zero-order valence-electron chi connectivity index (χ0n) is 13.0. The molecular formula is C18H18ClN3O. The zero-order chi connectivity index (χ0) is 16.4. The zero-order valence-corrected chi connectivity index (χ0v) is 13.8. The highest BCUT2D eigenvalue weighted by Gasteiger charge is 2.23. The van der Waals surface area contributed by atoms with Crippen molar-refractivity contribution < 1.29 is 5.11 Å². The van der Waals surface area contributed by atoms with Crippen LogP contribution in [0.2, 0.25) is 5.02 Å². The summed E-state index contributed by atoms with van der Waals surface area (Å²) in [7, 11) is 0. The Morgan fingerprint density at radius 2 is 1.96 bits per heavy atom. The molecule has 1 aromatic heterocycles. The average Bonchev–Trinajstić information content (AvgIpc) is 2.53. The van der Waals surface area contributed by atoms with Gasteiger partial charge in [-0.05, 0) is 43.2 Å². The fraction of sp³-hybridized carbons (Fsp3) is 0.222. The number of rotatable bonds is 4. The third kappa shape index (κ3) is 3.28. The molecule has 0 amide bonds. The van der Waals surface area contributed by atoms with Gasteiger partial charge in [-0.15, -0.1) is 0 Å². The van der Waals surface area contributed by atoms with Crippen LogP contribution in [-0.4, -0.2) is 21.6 Å². The van der Waals surface area contributed by atoms with Crippen molar-refractivity contribution in [2.24, 2.45) is 0 Å². The van der Waals surface area contributed by atoms with E-state index >= 15 is 0 Å². The summed E-state index contributed by atoms with van der Waals surface area (Å²) >= 11 is 6.01. The fourth-order valence-corrected chi connectivity index (χ4v) is 2.79. The van der Waals surface area contributed by atoms with E-state index in [0.717, 1.165) is 27.8 Å². The molecule has 118 valence electrons. The van der Waals surface area contributed by atoms with Crippen LogP contribution in [-0.2, 0) is 5.60 Å². The molecule has 0 bridgehead atoms. The number of hydrogen-bond acceptors (Lipinski definition) is 4. The summed E-state index contributed by atoms with van der Waals surface area (Å²) in [6.07, 6.45) is 1.53. The smallest absolute Gasteiger partial charge is 0.137 e. The lowest BCUT2D eigenvalue weighted by Crippen LogP contribution is -2.31. The van der Waals surface area contributed by atoms with Gasteiger partial charge in [-0.2, -0.15) is 0 Å². The molecule has 5 heteroatoms. The molecule has 0 spiro atoms. The lowest BCUT2D eigenvalue weighted by molar-refractivity contribution is 0.0715. The number of benzene rings is 2. The Hall–Kier alpha value is -2.17. The van der Waals surface area contributed by atoms with Crippen molar-refractivity contribution >= 4 is 28.3 Å². The maximum Gasteiger partial charge on any atom is 0.137 e. The molecule has 0 radical (unpaired) electrons. The molecule has 0 aliphatic heterocycles. The highest BCUT2D eigenvalue weighted by Crippen LogP contribution is 2.26. The van der Waals surface area contributed by atoms with Gasteiger partial charge in [0.25, 0.3) is 0 Å². The van der Waals surface area contributed by atoms with Crippen LogP contribution >= 0.6 is 11.6 Å². The molecular weight excluding hydrogens is 310 g/mol. The van der Waals surface area contributed by atoms with Gasteiger partial charge in [-0.25, -0.2) is 9.97 Å². The van der Waals surface area contributed by atoms with Crippen LogP contribution in [0.3, 0.4) is 0 Å². The average molecular weight is 328 g/mol. The van der Waals surface area contributed by atoms with Gasteiger partial charge in [0, 0.05) is 17.0 Å². The van der Waals surface area contributed by atoms with E-state index in [-0.39, 0.29) is 0 Å². The van der Waals surface area contributed by atoms with E-state index in [1.165, 1.54) is 6.33 Å². The molecule has 0 saturated carbocycles. The molecule has 1 atom stereocenters. The molecule has 0 aliphatic rings. The summed E-state index contributed by atoms with van der Waals surface area (Å²) in [6, 6.07) is 13.2. The van der Waals surface area contributed by atoms with Gasteiger partial charge in [0.05, 0.1) is 5.52 Å². The van der Waals surface area contributed by atoms with E-state index in [1.807, 2.05) is 37.3 Å². The monoisotopic (exact) mass is 327 g/mol. The van der Waals surface area contributed by atoms with Gasteiger partial charge in [0.1, 0.15) is 17.7 Å². The van der Waals surface area contributed by atoms with Crippen LogP contribution in [0.15, 0.2) is 48.8 Å². The maximum absolute atomic E-state index is 10.7. The number of anilines is 1. The van der Waals surface area contributed by atoms with Gasteiger partial charge in [0.2, 0.25) is 0 Å². The lowest BCUT2D eigenvalue weighted by atomic mass is 9.96. The minimum Gasteiger partial charge on any atom is -0.384 e. The molecule has 1 heterocycles. The standard InChI is InChI=1S/C18H18ClN3O/c1-12-5-3-8-15-16(12)17(22-11-21-15)20-10-18(2,23)13-6-4-7-14(19)9-13/h3-9,11,23H,10H2,1-2H3,(H,20,21,22). The number of fused-ring (bicyclic) bond motifs is 1. The summed E-state index contributed by atoms with van der Waals surface area (Å²) in [5.74, 6) is 0.718. The minimum absolute atomic E-state index is 0.313. The van der Waals surface area contributed by atoms with Crippen LogP contribution in [0.1, 0.15) is 18.1 Å². The fourth-order valence-electron chi connectivity index (χ4n) is 2.60. The van der Waals surface area contributed by atoms with Crippen molar-refractivity contribution in [2.45, 2.75) is 19.4 Å². The van der Waals surface area contributed by atoms with Gasteiger partial charge >= 0.3 is 0 Å². The number of nitrogens with zero attached hydrogens (tertiary/aromatic N) is 2. The topological polar surface area (TPSA) is 58.0 Å². The van der Waals surface area contributed by atoms with Crippen molar-refractivity contribution in [3.05, 3.63) is 64.9 Å². The first kappa shape index (κ1) is 15.7. The Morgan fingerprint density at radius 1 is 1.17 bits per heavy atom. The van der Waals surface area contributed by atoms with E-state index in [2.05, 4.69) is 15.3 Å². The molecule has 3 aromatic rings. The first-order valence-electron chi connectivity index (χ1n) is 7.40.